The number of methoxy groups -OCH3 is 1. The average molecular weight is 178 g/mol. The topological polar surface area (TPSA) is 63.6 Å². The van der Waals surface area contributed by atoms with Crippen molar-refractivity contribution < 1.29 is 19.4 Å². The first kappa shape index (κ1) is 10.3. The number of esters is 1. The summed E-state index contributed by atoms with van der Waals surface area (Å²) in [6, 6.07) is 0. The van der Waals surface area contributed by atoms with Gasteiger partial charge in [0.05, 0.1) is 7.11 Å². The minimum atomic E-state index is -1.48. The van der Waals surface area contributed by atoms with Crippen LogP contribution in [-0.4, -0.2) is 35.2 Å². The van der Waals surface area contributed by atoms with Gasteiger partial charge in [-0.1, -0.05) is 0 Å². The number of hydrogen-bond donors (Lipinski definition) is 1. The van der Waals surface area contributed by atoms with Crippen molar-refractivity contribution in [3.05, 3.63) is 0 Å². The fourth-order valence-corrected chi connectivity index (χ4v) is 0.877. The molecule has 64 valence electrons. The van der Waals surface area contributed by atoms with E-state index in [1.165, 1.54) is 14.0 Å². The Bertz CT molecular complexity index is 179. The van der Waals surface area contributed by atoms with E-state index in [-0.39, 0.29) is 0 Å². The summed E-state index contributed by atoms with van der Waals surface area (Å²) in [5.41, 5.74) is 0. The molecule has 0 aliphatic rings. The van der Waals surface area contributed by atoms with Gasteiger partial charge in [0.2, 0.25) is 4.75 Å². The van der Waals surface area contributed by atoms with Crippen LogP contribution in [0, 0.1) is 0 Å². The van der Waals surface area contributed by atoms with Crippen molar-refractivity contribution in [2.45, 2.75) is 11.7 Å². The summed E-state index contributed by atoms with van der Waals surface area (Å²) in [6.45, 7) is 1.31. The standard InChI is InChI=1S/C6H10O4S/c1-6(11-3,4(7)8)5(9)10-2/h1-3H3,(H,7,8)/t6-/m0/s1. The highest BCUT2D eigenvalue weighted by Crippen LogP contribution is 2.23. The van der Waals surface area contributed by atoms with Crippen molar-refractivity contribution in [1.82, 2.24) is 0 Å². The van der Waals surface area contributed by atoms with E-state index in [0.29, 0.717) is 0 Å². The summed E-state index contributed by atoms with van der Waals surface area (Å²) in [7, 11) is 1.17. The van der Waals surface area contributed by atoms with Crippen molar-refractivity contribution in [3.8, 4) is 0 Å². The second-order valence-electron chi connectivity index (χ2n) is 2.03. The van der Waals surface area contributed by atoms with Crippen molar-refractivity contribution in [3.63, 3.8) is 0 Å². The van der Waals surface area contributed by atoms with Gasteiger partial charge in [0.25, 0.3) is 0 Å². The van der Waals surface area contributed by atoms with Crippen molar-refractivity contribution >= 4 is 23.7 Å². The third-order valence-electron chi connectivity index (χ3n) is 1.39. The molecule has 1 N–H and O–H groups in total. The second kappa shape index (κ2) is 3.61. The fraction of sp³-hybridized carbons (Fsp3) is 0.667. The molecule has 4 nitrogen and oxygen atoms in total. The Balaban J connectivity index is 4.59. The molecule has 0 aromatic rings. The molecule has 0 radical (unpaired) electrons. The molecule has 0 rings (SSSR count). The molecule has 0 aromatic heterocycles. The zero-order valence-corrected chi connectivity index (χ0v) is 7.40. The van der Waals surface area contributed by atoms with Crippen molar-refractivity contribution in [1.29, 1.82) is 0 Å². The lowest BCUT2D eigenvalue weighted by Gasteiger charge is -2.18. The summed E-state index contributed by atoms with van der Waals surface area (Å²) in [5.74, 6) is -1.92. The number of ether oxygens (including phenoxy) is 1. The molecule has 0 amide bonds. The van der Waals surface area contributed by atoms with Crippen molar-refractivity contribution in [2.75, 3.05) is 13.4 Å². The van der Waals surface area contributed by atoms with E-state index in [0.717, 1.165) is 11.8 Å². The normalized spacial score (nSPS) is 15.2. The summed E-state index contributed by atoms with van der Waals surface area (Å²) in [6.07, 6.45) is 1.55. The highest BCUT2D eigenvalue weighted by atomic mass is 32.2. The third kappa shape index (κ3) is 1.86. The van der Waals surface area contributed by atoms with Gasteiger partial charge < -0.3 is 9.84 Å². The van der Waals surface area contributed by atoms with E-state index in [4.69, 9.17) is 5.11 Å². The Morgan fingerprint density at radius 2 is 2.00 bits per heavy atom. The van der Waals surface area contributed by atoms with Crippen LogP contribution in [0.5, 0.6) is 0 Å². The van der Waals surface area contributed by atoms with E-state index in [1.807, 2.05) is 0 Å². The minimum absolute atomic E-state index is 0.738. The first-order valence-corrected chi connectivity index (χ1v) is 4.08. The Morgan fingerprint density at radius 1 is 1.55 bits per heavy atom. The summed E-state index contributed by atoms with van der Waals surface area (Å²) < 4.78 is 2.85. The summed E-state index contributed by atoms with van der Waals surface area (Å²) in [4.78, 5) is 21.4. The van der Waals surface area contributed by atoms with Gasteiger partial charge in [-0.2, -0.15) is 0 Å². The number of thioether (sulfide) groups is 1. The van der Waals surface area contributed by atoms with Crippen LogP contribution >= 0.6 is 11.8 Å². The maximum absolute atomic E-state index is 10.9. The van der Waals surface area contributed by atoms with Crippen LogP contribution in [-0.2, 0) is 14.3 Å². The molecule has 0 aliphatic heterocycles. The van der Waals surface area contributed by atoms with Crippen LogP contribution in [0.25, 0.3) is 0 Å². The SMILES string of the molecule is COC(=O)[C@@](C)(SC)C(=O)O. The Kier molecular flexibility index (Phi) is 3.38. The number of rotatable bonds is 3. The van der Waals surface area contributed by atoms with Crippen LogP contribution in [0.1, 0.15) is 6.92 Å². The lowest BCUT2D eigenvalue weighted by molar-refractivity contribution is -0.153. The fourth-order valence-electron chi connectivity index (χ4n) is 0.453. The molecule has 5 heteroatoms. The first-order valence-electron chi connectivity index (χ1n) is 2.86. The van der Waals surface area contributed by atoms with Crippen molar-refractivity contribution in [2.24, 2.45) is 0 Å². The summed E-state index contributed by atoms with van der Waals surface area (Å²) >= 11 is 0.939. The van der Waals surface area contributed by atoms with Gasteiger partial charge in [-0.05, 0) is 13.2 Å². The number of aliphatic carboxylic acids is 1. The third-order valence-corrected chi connectivity index (χ3v) is 2.55. The molecule has 0 bridgehead atoms. The number of carbonyl (C=O) groups is 2. The van der Waals surface area contributed by atoms with Gasteiger partial charge in [0.15, 0.2) is 0 Å². The first-order chi connectivity index (χ1) is 4.99. The molecule has 0 saturated heterocycles. The molecule has 0 unspecified atom stereocenters. The minimum Gasteiger partial charge on any atom is -0.480 e. The smallest absolute Gasteiger partial charge is 0.333 e. The predicted molar refractivity (Wildman–Crippen MR) is 41.6 cm³/mol. The number of carboxylic acid groups (broad SMARTS) is 1. The molecule has 11 heavy (non-hydrogen) atoms. The number of carboxylic acids is 1. The molecule has 0 aromatic carbocycles. The monoisotopic (exact) mass is 178 g/mol. The average Bonchev–Trinajstić information content (AvgIpc) is 2.01. The molecular weight excluding hydrogens is 168 g/mol. The van der Waals surface area contributed by atoms with Crippen LogP contribution in [0.15, 0.2) is 0 Å². The maximum atomic E-state index is 10.9. The quantitative estimate of drug-likeness (QED) is 0.499. The molecule has 0 fully saturated rings. The van der Waals surface area contributed by atoms with Crippen LogP contribution in [0.2, 0.25) is 0 Å². The lowest BCUT2D eigenvalue weighted by atomic mass is 10.2. The molecule has 0 heterocycles. The Morgan fingerprint density at radius 3 is 2.09 bits per heavy atom. The Hall–Kier alpha value is -0.710. The van der Waals surface area contributed by atoms with E-state index >= 15 is 0 Å². The molecule has 0 aliphatic carbocycles. The highest BCUT2D eigenvalue weighted by molar-refractivity contribution is 8.01. The predicted octanol–water partition coefficient (Wildman–Crippen LogP) is 0.366. The van der Waals surface area contributed by atoms with Gasteiger partial charge in [-0.15, -0.1) is 11.8 Å². The number of hydrogen-bond acceptors (Lipinski definition) is 4. The van der Waals surface area contributed by atoms with E-state index < -0.39 is 16.7 Å². The van der Waals surface area contributed by atoms with Gasteiger partial charge >= 0.3 is 11.9 Å². The van der Waals surface area contributed by atoms with E-state index in [2.05, 4.69) is 4.74 Å². The molecular formula is C6H10O4S. The van der Waals surface area contributed by atoms with Crippen LogP contribution in [0.3, 0.4) is 0 Å². The van der Waals surface area contributed by atoms with Gasteiger partial charge in [0.1, 0.15) is 0 Å². The summed E-state index contributed by atoms with van der Waals surface area (Å²) in [5, 5.41) is 8.61. The molecule has 0 saturated carbocycles. The lowest BCUT2D eigenvalue weighted by Crippen LogP contribution is -2.40. The molecule has 1 atom stereocenters. The number of carbonyl (C=O) groups excluding carboxylic acids is 1. The van der Waals surface area contributed by atoms with Gasteiger partial charge in [-0.25, -0.2) is 4.79 Å². The zero-order valence-electron chi connectivity index (χ0n) is 6.58. The van der Waals surface area contributed by atoms with E-state index in [9.17, 15) is 9.59 Å². The van der Waals surface area contributed by atoms with Gasteiger partial charge in [0, 0.05) is 0 Å². The second-order valence-corrected chi connectivity index (χ2v) is 3.26. The highest BCUT2D eigenvalue weighted by Gasteiger charge is 2.41. The van der Waals surface area contributed by atoms with E-state index in [1.54, 1.807) is 6.26 Å². The van der Waals surface area contributed by atoms with Gasteiger partial charge in [-0.3, -0.25) is 4.79 Å². The zero-order chi connectivity index (χ0) is 9.07. The Labute approximate surface area is 68.9 Å². The van der Waals surface area contributed by atoms with Crippen LogP contribution in [0.4, 0.5) is 0 Å². The maximum Gasteiger partial charge on any atom is 0.333 e. The molecule has 0 spiro atoms. The van der Waals surface area contributed by atoms with Crippen LogP contribution < -0.4 is 0 Å². The largest absolute Gasteiger partial charge is 0.480 e.